The molecule has 0 aromatic carbocycles. The fourth-order valence-electron chi connectivity index (χ4n) is 0.574. The number of nitrogens with one attached hydrogen (secondary N) is 2. The van der Waals surface area contributed by atoms with Gasteiger partial charge in [-0.25, -0.2) is 9.59 Å². The molecule has 0 aliphatic carbocycles. The highest BCUT2D eigenvalue weighted by Gasteiger charge is 2.25. The van der Waals surface area contributed by atoms with Gasteiger partial charge in [0, 0.05) is 0 Å². The molecule has 1 saturated heterocycles. The third-order valence-corrected chi connectivity index (χ3v) is 1.05. The maximum Gasteiger partial charge on any atom is 0.435 e. The van der Waals surface area contributed by atoms with Crippen LogP contribution in [-0.4, -0.2) is 31.0 Å². The molecule has 0 aromatic rings. The number of amidine groups is 1. The normalized spacial score (nSPS) is 18.9. The second kappa shape index (κ2) is 2.99. The summed E-state index contributed by atoms with van der Waals surface area (Å²) in [5, 5.41) is 3.89. The standard InChI is InChI=1S/C5H5N3O4/c1-12-5(11)7-2-3(9)8-4(10)6-2/h1H3,(H2,6,7,8,9,10,11). The summed E-state index contributed by atoms with van der Waals surface area (Å²) in [4.78, 5) is 34.8. The van der Waals surface area contributed by atoms with Crippen LogP contribution in [0.15, 0.2) is 4.99 Å². The molecule has 0 saturated carbocycles. The zero-order valence-electron chi connectivity index (χ0n) is 6.08. The van der Waals surface area contributed by atoms with Crippen LogP contribution in [0.25, 0.3) is 0 Å². The molecule has 1 aliphatic heterocycles. The number of ether oxygens (including phenoxy) is 1. The monoisotopic (exact) mass is 171 g/mol. The van der Waals surface area contributed by atoms with Crippen LogP contribution >= 0.6 is 0 Å². The number of hydrogen-bond donors (Lipinski definition) is 2. The summed E-state index contributed by atoms with van der Waals surface area (Å²) < 4.78 is 4.14. The largest absolute Gasteiger partial charge is 0.451 e. The number of hydrogen-bond acceptors (Lipinski definition) is 4. The van der Waals surface area contributed by atoms with Crippen LogP contribution in [0, 0.1) is 0 Å². The Morgan fingerprint density at radius 1 is 1.42 bits per heavy atom. The van der Waals surface area contributed by atoms with Gasteiger partial charge in [0.15, 0.2) is 0 Å². The van der Waals surface area contributed by atoms with Crippen molar-refractivity contribution in [3.05, 3.63) is 0 Å². The van der Waals surface area contributed by atoms with Crippen molar-refractivity contribution in [2.75, 3.05) is 7.11 Å². The van der Waals surface area contributed by atoms with E-state index >= 15 is 0 Å². The quantitative estimate of drug-likeness (QED) is 0.456. The lowest BCUT2D eigenvalue weighted by molar-refractivity contribution is -0.113. The van der Waals surface area contributed by atoms with Crippen LogP contribution in [0.2, 0.25) is 0 Å². The zero-order valence-corrected chi connectivity index (χ0v) is 6.08. The maximum absolute atomic E-state index is 10.7. The first-order chi connectivity index (χ1) is 5.63. The van der Waals surface area contributed by atoms with Gasteiger partial charge in [-0.05, 0) is 0 Å². The van der Waals surface area contributed by atoms with E-state index in [1.807, 2.05) is 10.6 Å². The number of rotatable bonds is 0. The van der Waals surface area contributed by atoms with Crippen molar-refractivity contribution < 1.29 is 19.1 Å². The lowest BCUT2D eigenvalue weighted by Crippen LogP contribution is -2.23. The smallest absolute Gasteiger partial charge is 0.435 e. The highest BCUT2D eigenvalue weighted by molar-refractivity contribution is 6.48. The van der Waals surface area contributed by atoms with Crippen LogP contribution in [0.3, 0.4) is 0 Å². The number of imide groups is 1. The molecule has 1 heterocycles. The molecule has 0 spiro atoms. The van der Waals surface area contributed by atoms with Crippen LogP contribution in [0.4, 0.5) is 9.59 Å². The molecule has 12 heavy (non-hydrogen) atoms. The first-order valence-corrected chi connectivity index (χ1v) is 2.92. The van der Waals surface area contributed by atoms with Crippen molar-refractivity contribution in [3.8, 4) is 0 Å². The van der Waals surface area contributed by atoms with Gasteiger partial charge in [-0.3, -0.25) is 15.4 Å². The van der Waals surface area contributed by atoms with Crippen molar-refractivity contribution in [2.24, 2.45) is 4.99 Å². The van der Waals surface area contributed by atoms with Gasteiger partial charge < -0.3 is 4.74 Å². The summed E-state index contributed by atoms with van der Waals surface area (Å²) in [6.45, 7) is 0. The van der Waals surface area contributed by atoms with Gasteiger partial charge in [0.1, 0.15) is 0 Å². The van der Waals surface area contributed by atoms with Gasteiger partial charge in [-0.1, -0.05) is 0 Å². The summed E-state index contributed by atoms with van der Waals surface area (Å²) in [6, 6.07) is -0.706. The van der Waals surface area contributed by atoms with E-state index in [4.69, 9.17) is 0 Å². The van der Waals surface area contributed by atoms with E-state index in [-0.39, 0.29) is 5.84 Å². The van der Waals surface area contributed by atoms with Gasteiger partial charge in [-0.2, -0.15) is 4.99 Å². The van der Waals surface area contributed by atoms with Crippen LogP contribution < -0.4 is 10.6 Å². The molecule has 0 aromatic heterocycles. The number of aliphatic imine (C=N–C) groups is 1. The molecular weight excluding hydrogens is 166 g/mol. The van der Waals surface area contributed by atoms with Crippen molar-refractivity contribution in [3.63, 3.8) is 0 Å². The van der Waals surface area contributed by atoms with Crippen molar-refractivity contribution in [1.82, 2.24) is 10.6 Å². The number of methoxy groups -OCH3 is 1. The van der Waals surface area contributed by atoms with E-state index in [1.165, 1.54) is 0 Å². The lowest BCUT2D eigenvalue weighted by Gasteiger charge is -1.90. The molecule has 1 fully saturated rings. The Bertz CT molecular complexity index is 282. The Hall–Kier alpha value is -1.92. The van der Waals surface area contributed by atoms with Crippen LogP contribution in [-0.2, 0) is 9.53 Å². The predicted octanol–water partition coefficient (Wildman–Crippen LogP) is -1.01. The molecule has 7 nitrogen and oxygen atoms in total. The number of nitrogens with zero attached hydrogens (tertiary/aromatic N) is 1. The SMILES string of the molecule is COC(=O)/N=C1/NC(=O)NC1=O. The molecule has 1 aliphatic rings. The minimum atomic E-state index is -0.942. The molecule has 0 radical (unpaired) electrons. The fraction of sp³-hybridized carbons (Fsp3) is 0.200. The molecular formula is C5H5N3O4. The predicted molar refractivity (Wildman–Crippen MR) is 36.5 cm³/mol. The molecule has 7 heteroatoms. The van der Waals surface area contributed by atoms with Crippen molar-refractivity contribution in [1.29, 1.82) is 0 Å². The zero-order chi connectivity index (χ0) is 9.14. The van der Waals surface area contributed by atoms with Gasteiger partial charge in [0.2, 0.25) is 5.84 Å². The van der Waals surface area contributed by atoms with Crippen LogP contribution in [0.5, 0.6) is 0 Å². The number of carbonyl (C=O) groups excluding carboxylic acids is 3. The van der Waals surface area contributed by atoms with Crippen molar-refractivity contribution in [2.45, 2.75) is 0 Å². The van der Waals surface area contributed by atoms with Crippen molar-refractivity contribution >= 4 is 23.9 Å². The second-order valence-electron chi connectivity index (χ2n) is 1.84. The van der Waals surface area contributed by atoms with E-state index in [9.17, 15) is 14.4 Å². The average Bonchev–Trinajstić information content (AvgIpc) is 2.30. The molecule has 0 atom stereocenters. The number of urea groups is 1. The summed E-state index contributed by atoms with van der Waals surface area (Å²) in [6.07, 6.45) is -0.942. The topological polar surface area (TPSA) is 96.9 Å². The first-order valence-electron chi connectivity index (χ1n) is 2.92. The summed E-state index contributed by atoms with van der Waals surface area (Å²) in [7, 11) is 1.11. The summed E-state index contributed by atoms with van der Waals surface area (Å²) in [5.41, 5.74) is 0. The van der Waals surface area contributed by atoms with Crippen LogP contribution in [0.1, 0.15) is 0 Å². The molecule has 0 bridgehead atoms. The second-order valence-corrected chi connectivity index (χ2v) is 1.84. The highest BCUT2D eigenvalue weighted by Crippen LogP contribution is 1.88. The molecule has 0 unspecified atom stereocenters. The number of carbonyl (C=O) groups is 3. The molecule has 4 amide bonds. The summed E-state index contributed by atoms with van der Waals surface area (Å²) >= 11 is 0. The third kappa shape index (κ3) is 1.57. The van der Waals surface area contributed by atoms with Gasteiger partial charge in [-0.15, -0.1) is 0 Å². The molecule has 2 N–H and O–H groups in total. The van der Waals surface area contributed by atoms with Gasteiger partial charge in [0.05, 0.1) is 7.11 Å². The average molecular weight is 171 g/mol. The van der Waals surface area contributed by atoms with E-state index in [0.717, 1.165) is 7.11 Å². The Labute approximate surface area is 66.8 Å². The Morgan fingerprint density at radius 3 is 2.50 bits per heavy atom. The Morgan fingerprint density at radius 2 is 2.08 bits per heavy atom. The first kappa shape index (κ1) is 8.18. The highest BCUT2D eigenvalue weighted by atomic mass is 16.5. The minimum absolute atomic E-state index is 0.355. The van der Waals surface area contributed by atoms with E-state index in [0.29, 0.717) is 0 Å². The van der Waals surface area contributed by atoms with E-state index < -0.39 is 18.0 Å². The third-order valence-electron chi connectivity index (χ3n) is 1.05. The van der Waals surface area contributed by atoms with E-state index in [1.54, 1.807) is 0 Å². The Balaban J connectivity index is 2.76. The maximum atomic E-state index is 10.7. The van der Waals surface area contributed by atoms with Gasteiger partial charge >= 0.3 is 12.1 Å². The molecule has 64 valence electrons. The van der Waals surface area contributed by atoms with E-state index in [2.05, 4.69) is 9.73 Å². The minimum Gasteiger partial charge on any atom is -0.451 e. The van der Waals surface area contributed by atoms with Gasteiger partial charge in [0.25, 0.3) is 5.91 Å². The fourth-order valence-corrected chi connectivity index (χ4v) is 0.574. The molecule has 1 rings (SSSR count). The Kier molecular flexibility index (Phi) is 2.04. The number of amides is 4. The summed E-state index contributed by atoms with van der Waals surface area (Å²) in [5.74, 6) is -1.10. The lowest BCUT2D eigenvalue weighted by atomic mass is 10.6.